The average Bonchev–Trinajstić information content (AvgIpc) is 2.29. The minimum atomic E-state index is 0.480. The highest BCUT2D eigenvalue weighted by Crippen LogP contribution is 2.27. The highest BCUT2D eigenvalue weighted by molar-refractivity contribution is 7.99. The maximum absolute atomic E-state index is 5.74. The van der Waals surface area contributed by atoms with Gasteiger partial charge in [-0.1, -0.05) is 0 Å². The minimum Gasteiger partial charge on any atom is -0.326 e. The van der Waals surface area contributed by atoms with E-state index in [4.69, 9.17) is 5.73 Å². The molecule has 0 bridgehead atoms. The molecule has 0 aliphatic carbocycles. The summed E-state index contributed by atoms with van der Waals surface area (Å²) in [6.07, 6.45) is 3.54. The van der Waals surface area contributed by atoms with Crippen molar-refractivity contribution >= 4 is 11.8 Å². The monoisotopic (exact) mass is 246 g/mol. The molecule has 0 saturated carbocycles. The Hall–Kier alpha value is -1.46. The van der Waals surface area contributed by atoms with Gasteiger partial charge in [-0.25, -0.2) is 15.0 Å². The van der Waals surface area contributed by atoms with Crippen molar-refractivity contribution in [2.75, 3.05) is 0 Å². The number of hydrogen-bond donors (Lipinski definition) is 1. The molecule has 2 aromatic rings. The van der Waals surface area contributed by atoms with Crippen LogP contribution in [0, 0.1) is 13.8 Å². The van der Waals surface area contributed by atoms with Crippen molar-refractivity contribution in [3.8, 4) is 0 Å². The van der Waals surface area contributed by atoms with Crippen molar-refractivity contribution in [3.63, 3.8) is 0 Å². The molecule has 88 valence electrons. The molecule has 0 aliphatic heterocycles. The molecule has 0 fully saturated rings. The summed E-state index contributed by atoms with van der Waals surface area (Å²) in [7, 11) is 0. The third-order valence-electron chi connectivity index (χ3n) is 2.42. The lowest BCUT2D eigenvalue weighted by Crippen LogP contribution is -2.03. The molecule has 0 amide bonds. The van der Waals surface area contributed by atoms with Gasteiger partial charge in [0.05, 0.1) is 0 Å². The lowest BCUT2D eigenvalue weighted by Gasteiger charge is -2.08. The van der Waals surface area contributed by atoms with Crippen LogP contribution in [0.5, 0.6) is 0 Å². The fourth-order valence-corrected chi connectivity index (χ4v) is 2.42. The zero-order valence-corrected chi connectivity index (χ0v) is 10.7. The van der Waals surface area contributed by atoms with E-state index in [-0.39, 0.29) is 0 Å². The molecule has 2 aromatic heterocycles. The number of hydrogen-bond acceptors (Lipinski definition) is 5. The van der Waals surface area contributed by atoms with Gasteiger partial charge in [-0.15, -0.1) is 0 Å². The van der Waals surface area contributed by atoms with Gasteiger partial charge in [0.25, 0.3) is 0 Å². The first kappa shape index (κ1) is 12.0. The molecule has 0 atom stereocenters. The number of nitrogens with zero attached hydrogens (tertiary/aromatic N) is 3. The quantitative estimate of drug-likeness (QED) is 0.840. The number of rotatable bonds is 3. The molecular formula is C12H14N4S. The maximum Gasteiger partial charge on any atom is 0.194 e. The third-order valence-corrected chi connectivity index (χ3v) is 3.34. The van der Waals surface area contributed by atoms with Gasteiger partial charge in [0, 0.05) is 30.2 Å². The van der Waals surface area contributed by atoms with Crippen LogP contribution in [-0.4, -0.2) is 15.0 Å². The van der Waals surface area contributed by atoms with Crippen molar-refractivity contribution in [1.29, 1.82) is 0 Å². The van der Waals surface area contributed by atoms with Crippen molar-refractivity contribution in [2.24, 2.45) is 5.73 Å². The van der Waals surface area contributed by atoms with Crippen LogP contribution < -0.4 is 5.73 Å². The molecule has 2 heterocycles. The average molecular weight is 246 g/mol. The van der Waals surface area contributed by atoms with E-state index in [1.807, 2.05) is 26.0 Å². The fourth-order valence-electron chi connectivity index (χ4n) is 1.46. The van der Waals surface area contributed by atoms with Crippen molar-refractivity contribution in [3.05, 3.63) is 41.3 Å². The zero-order chi connectivity index (χ0) is 12.3. The molecule has 0 spiro atoms. The van der Waals surface area contributed by atoms with Gasteiger partial charge in [-0.05, 0) is 43.3 Å². The van der Waals surface area contributed by atoms with Crippen LogP contribution in [0.3, 0.4) is 0 Å². The van der Waals surface area contributed by atoms with Gasteiger partial charge in [-0.2, -0.15) is 0 Å². The Balaban J connectivity index is 2.33. The third kappa shape index (κ3) is 2.81. The first-order valence-electron chi connectivity index (χ1n) is 5.32. The molecule has 0 aromatic carbocycles. The smallest absolute Gasteiger partial charge is 0.194 e. The van der Waals surface area contributed by atoms with Gasteiger partial charge in [0.15, 0.2) is 5.16 Å². The normalized spacial score (nSPS) is 10.5. The zero-order valence-electron chi connectivity index (χ0n) is 9.84. The van der Waals surface area contributed by atoms with E-state index in [1.54, 1.807) is 12.4 Å². The number of pyridine rings is 1. The fraction of sp³-hybridized carbons (Fsp3) is 0.250. The summed E-state index contributed by atoms with van der Waals surface area (Å²) in [5, 5.41) is 1.59. The highest BCUT2D eigenvalue weighted by Gasteiger charge is 2.09. The summed E-state index contributed by atoms with van der Waals surface area (Å²) in [4.78, 5) is 12.9. The predicted molar refractivity (Wildman–Crippen MR) is 67.8 cm³/mol. The highest BCUT2D eigenvalue weighted by atomic mass is 32.2. The Morgan fingerprint density at radius 1 is 1.18 bits per heavy atom. The molecule has 17 heavy (non-hydrogen) atoms. The van der Waals surface area contributed by atoms with Crippen LogP contribution in [0.2, 0.25) is 0 Å². The van der Waals surface area contributed by atoms with Gasteiger partial charge in [-0.3, -0.25) is 0 Å². The number of aryl methyl sites for hydroxylation is 2. The molecule has 0 radical (unpaired) electrons. The van der Waals surface area contributed by atoms with Crippen molar-refractivity contribution in [1.82, 2.24) is 15.0 Å². The Morgan fingerprint density at radius 2 is 1.94 bits per heavy atom. The Kier molecular flexibility index (Phi) is 3.71. The van der Waals surface area contributed by atoms with E-state index in [0.717, 1.165) is 21.8 Å². The van der Waals surface area contributed by atoms with Gasteiger partial charge >= 0.3 is 0 Å². The Bertz CT molecular complexity index is 528. The van der Waals surface area contributed by atoms with Crippen LogP contribution in [0.15, 0.2) is 34.7 Å². The summed E-state index contributed by atoms with van der Waals surface area (Å²) < 4.78 is 0. The lowest BCUT2D eigenvalue weighted by atomic mass is 10.2. The second-order valence-corrected chi connectivity index (χ2v) is 4.65. The Labute approximate surface area is 105 Å². The van der Waals surface area contributed by atoms with E-state index in [0.29, 0.717) is 11.7 Å². The first-order valence-corrected chi connectivity index (χ1v) is 6.14. The lowest BCUT2D eigenvalue weighted by molar-refractivity contribution is 0.908. The molecular weight excluding hydrogens is 232 g/mol. The number of aromatic nitrogens is 3. The maximum atomic E-state index is 5.74. The summed E-state index contributed by atoms with van der Waals surface area (Å²) in [5.74, 6) is 0. The predicted octanol–water partition coefficient (Wildman–Crippen LogP) is 2.10. The molecule has 4 nitrogen and oxygen atoms in total. The van der Waals surface area contributed by atoms with E-state index in [9.17, 15) is 0 Å². The summed E-state index contributed by atoms with van der Waals surface area (Å²) in [6.45, 7) is 4.46. The van der Waals surface area contributed by atoms with Crippen LogP contribution in [-0.2, 0) is 6.54 Å². The summed E-state index contributed by atoms with van der Waals surface area (Å²) >= 11 is 1.45. The Morgan fingerprint density at radius 3 is 2.65 bits per heavy atom. The van der Waals surface area contributed by atoms with Gasteiger partial charge in [0.1, 0.15) is 5.03 Å². The van der Waals surface area contributed by atoms with E-state index in [2.05, 4.69) is 15.0 Å². The largest absolute Gasteiger partial charge is 0.326 e. The van der Waals surface area contributed by atoms with Crippen LogP contribution in [0.1, 0.15) is 16.8 Å². The standard InChI is InChI=1S/C12H14N4S/c1-8-3-5-14-11(10(8)7-13)17-12-15-6-4-9(2)16-12/h3-6H,7,13H2,1-2H3. The second kappa shape index (κ2) is 5.25. The van der Waals surface area contributed by atoms with E-state index in [1.165, 1.54) is 11.8 Å². The van der Waals surface area contributed by atoms with E-state index >= 15 is 0 Å². The molecule has 0 unspecified atom stereocenters. The second-order valence-electron chi connectivity index (χ2n) is 3.70. The summed E-state index contributed by atoms with van der Waals surface area (Å²) in [6, 6.07) is 3.83. The molecule has 2 N–H and O–H groups in total. The minimum absolute atomic E-state index is 0.480. The molecule has 0 saturated heterocycles. The SMILES string of the molecule is Cc1ccnc(Sc2nccc(C)c2CN)n1. The molecule has 5 heteroatoms. The van der Waals surface area contributed by atoms with Gasteiger partial charge < -0.3 is 5.73 Å². The van der Waals surface area contributed by atoms with Crippen molar-refractivity contribution < 1.29 is 0 Å². The first-order chi connectivity index (χ1) is 8.20. The number of nitrogens with two attached hydrogens (primary N) is 1. The van der Waals surface area contributed by atoms with E-state index < -0.39 is 0 Å². The van der Waals surface area contributed by atoms with Gasteiger partial charge in [0.2, 0.25) is 0 Å². The van der Waals surface area contributed by atoms with Crippen LogP contribution >= 0.6 is 11.8 Å². The summed E-state index contributed by atoms with van der Waals surface area (Å²) in [5.41, 5.74) is 8.90. The van der Waals surface area contributed by atoms with Crippen LogP contribution in [0.4, 0.5) is 0 Å². The van der Waals surface area contributed by atoms with Crippen LogP contribution in [0.25, 0.3) is 0 Å². The topological polar surface area (TPSA) is 64.7 Å². The molecule has 0 aliphatic rings. The van der Waals surface area contributed by atoms with Crippen molar-refractivity contribution in [2.45, 2.75) is 30.6 Å². The molecule has 2 rings (SSSR count).